The van der Waals surface area contributed by atoms with E-state index in [0.29, 0.717) is 26.2 Å². The quantitative estimate of drug-likeness (QED) is 0.509. The highest BCUT2D eigenvalue weighted by Crippen LogP contribution is 2.36. The maximum Gasteiger partial charge on any atom is 0.326 e. The van der Waals surface area contributed by atoms with Gasteiger partial charge in [0.25, 0.3) is 0 Å². The Morgan fingerprint density at radius 1 is 1.26 bits per heavy atom. The fourth-order valence-corrected chi connectivity index (χ4v) is 2.66. The first-order chi connectivity index (χ1) is 9.15. The zero-order valence-electron chi connectivity index (χ0n) is 12.2. The molecular formula is C14H27NO4. The van der Waals surface area contributed by atoms with Crippen molar-refractivity contribution in [1.29, 1.82) is 0 Å². The molecule has 0 heterocycles. The molecule has 5 heteroatoms. The minimum atomic E-state index is -0.809. The number of ether oxygens (including phenoxy) is 3. The Morgan fingerprint density at radius 3 is 2.58 bits per heavy atom. The summed E-state index contributed by atoms with van der Waals surface area (Å²) in [4.78, 5) is 11.7. The molecule has 1 aliphatic carbocycles. The van der Waals surface area contributed by atoms with Crippen LogP contribution < -0.4 is 5.73 Å². The van der Waals surface area contributed by atoms with Crippen LogP contribution in [0.15, 0.2) is 0 Å². The summed E-state index contributed by atoms with van der Waals surface area (Å²) in [5.41, 5.74) is 5.37. The standard InChI is InChI=1S/C14H27NO4/c1-3-8-18-10-11-19-9-6-12-5-4-7-14(12,15)13(16)17-2/h12H,3-11,15H2,1-2H3. The van der Waals surface area contributed by atoms with Gasteiger partial charge in [-0.1, -0.05) is 13.3 Å². The summed E-state index contributed by atoms with van der Waals surface area (Å²) >= 11 is 0. The maximum atomic E-state index is 11.7. The van der Waals surface area contributed by atoms with E-state index in [4.69, 9.17) is 19.9 Å². The molecule has 0 saturated heterocycles. The molecule has 0 aromatic heterocycles. The van der Waals surface area contributed by atoms with Crippen molar-refractivity contribution in [3.05, 3.63) is 0 Å². The van der Waals surface area contributed by atoms with Crippen molar-refractivity contribution in [2.24, 2.45) is 11.7 Å². The van der Waals surface area contributed by atoms with Crippen molar-refractivity contribution >= 4 is 5.97 Å². The first-order valence-corrected chi connectivity index (χ1v) is 7.18. The van der Waals surface area contributed by atoms with Gasteiger partial charge >= 0.3 is 5.97 Å². The van der Waals surface area contributed by atoms with Crippen LogP contribution >= 0.6 is 0 Å². The average Bonchev–Trinajstić information content (AvgIpc) is 2.79. The molecule has 0 aromatic carbocycles. The molecular weight excluding hydrogens is 246 g/mol. The van der Waals surface area contributed by atoms with Crippen molar-refractivity contribution < 1.29 is 19.0 Å². The second-order valence-corrected chi connectivity index (χ2v) is 5.13. The third-order valence-electron chi connectivity index (χ3n) is 3.77. The molecule has 1 fully saturated rings. The molecule has 2 atom stereocenters. The summed E-state index contributed by atoms with van der Waals surface area (Å²) in [7, 11) is 1.40. The molecule has 0 aromatic rings. The minimum absolute atomic E-state index is 0.163. The van der Waals surface area contributed by atoms with E-state index in [1.165, 1.54) is 7.11 Å². The molecule has 0 amide bonds. The van der Waals surface area contributed by atoms with Gasteiger partial charge in [0, 0.05) is 13.2 Å². The van der Waals surface area contributed by atoms with Crippen LogP contribution in [0.4, 0.5) is 0 Å². The van der Waals surface area contributed by atoms with Crippen LogP contribution in [0.5, 0.6) is 0 Å². The van der Waals surface area contributed by atoms with Crippen molar-refractivity contribution in [3.63, 3.8) is 0 Å². The number of hydrogen-bond acceptors (Lipinski definition) is 5. The van der Waals surface area contributed by atoms with Gasteiger partial charge in [-0.2, -0.15) is 0 Å². The van der Waals surface area contributed by atoms with Gasteiger partial charge in [0.15, 0.2) is 0 Å². The predicted molar refractivity (Wildman–Crippen MR) is 72.8 cm³/mol. The largest absolute Gasteiger partial charge is 0.468 e. The summed E-state index contributed by atoms with van der Waals surface area (Å²) in [6, 6.07) is 0. The van der Waals surface area contributed by atoms with Crippen LogP contribution in [0.3, 0.4) is 0 Å². The van der Waals surface area contributed by atoms with Crippen molar-refractivity contribution in [1.82, 2.24) is 0 Å². The SMILES string of the molecule is CCCOCCOCCC1CCCC1(N)C(=O)OC. The molecule has 1 aliphatic rings. The molecule has 0 radical (unpaired) electrons. The molecule has 0 aliphatic heterocycles. The predicted octanol–water partition coefficient (Wildman–Crippen LogP) is 1.49. The number of methoxy groups -OCH3 is 1. The molecule has 112 valence electrons. The molecule has 19 heavy (non-hydrogen) atoms. The number of esters is 1. The van der Waals surface area contributed by atoms with Crippen LogP contribution in [0, 0.1) is 5.92 Å². The number of carbonyl (C=O) groups is 1. The summed E-state index contributed by atoms with van der Waals surface area (Å²) < 4.78 is 15.7. The lowest BCUT2D eigenvalue weighted by Crippen LogP contribution is -2.51. The highest BCUT2D eigenvalue weighted by atomic mass is 16.5. The van der Waals surface area contributed by atoms with Gasteiger partial charge in [0.1, 0.15) is 5.54 Å². The summed E-state index contributed by atoms with van der Waals surface area (Å²) in [5, 5.41) is 0. The molecule has 2 unspecified atom stereocenters. The zero-order chi connectivity index (χ0) is 14.1. The Bertz CT molecular complexity index is 272. The van der Waals surface area contributed by atoms with E-state index in [0.717, 1.165) is 32.3 Å². The maximum absolute atomic E-state index is 11.7. The molecule has 1 saturated carbocycles. The van der Waals surface area contributed by atoms with Crippen LogP contribution in [0.25, 0.3) is 0 Å². The normalized spacial score (nSPS) is 26.6. The summed E-state index contributed by atoms with van der Waals surface area (Å²) in [6.07, 6.45) is 4.50. The van der Waals surface area contributed by atoms with E-state index in [1.54, 1.807) is 0 Å². The van der Waals surface area contributed by atoms with Gasteiger partial charge in [0.05, 0.1) is 20.3 Å². The third-order valence-corrected chi connectivity index (χ3v) is 3.77. The van der Waals surface area contributed by atoms with Crippen LogP contribution in [-0.4, -0.2) is 45.0 Å². The Labute approximate surface area is 115 Å². The van der Waals surface area contributed by atoms with E-state index in [9.17, 15) is 4.79 Å². The molecule has 5 nitrogen and oxygen atoms in total. The summed E-state index contributed by atoms with van der Waals surface area (Å²) in [6.45, 7) is 4.71. The monoisotopic (exact) mass is 273 g/mol. The van der Waals surface area contributed by atoms with Crippen molar-refractivity contribution in [2.45, 2.75) is 44.6 Å². The van der Waals surface area contributed by atoms with Gasteiger partial charge in [0.2, 0.25) is 0 Å². The number of rotatable bonds is 9. The van der Waals surface area contributed by atoms with Crippen LogP contribution in [-0.2, 0) is 19.0 Å². The fraction of sp³-hybridized carbons (Fsp3) is 0.929. The number of hydrogen-bond donors (Lipinski definition) is 1. The van der Waals surface area contributed by atoms with Crippen molar-refractivity contribution in [3.8, 4) is 0 Å². The number of nitrogens with two attached hydrogens (primary N) is 1. The smallest absolute Gasteiger partial charge is 0.326 e. The van der Waals surface area contributed by atoms with Gasteiger partial charge in [-0.25, -0.2) is 0 Å². The van der Waals surface area contributed by atoms with E-state index >= 15 is 0 Å². The third kappa shape index (κ3) is 4.75. The summed E-state index contributed by atoms with van der Waals surface area (Å²) in [5.74, 6) is -0.127. The average molecular weight is 273 g/mol. The number of carbonyl (C=O) groups excluding carboxylic acids is 1. The van der Waals surface area contributed by atoms with Crippen molar-refractivity contribution in [2.75, 3.05) is 33.5 Å². The second kappa shape index (κ2) is 8.51. The Morgan fingerprint density at radius 2 is 1.95 bits per heavy atom. The Hall–Kier alpha value is -0.650. The first kappa shape index (κ1) is 16.4. The molecule has 1 rings (SSSR count). The second-order valence-electron chi connectivity index (χ2n) is 5.13. The zero-order valence-corrected chi connectivity index (χ0v) is 12.2. The Balaban J connectivity index is 2.19. The van der Waals surface area contributed by atoms with Gasteiger partial charge < -0.3 is 19.9 Å². The molecule has 2 N–H and O–H groups in total. The fourth-order valence-electron chi connectivity index (χ4n) is 2.66. The molecule has 0 spiro atoms. The minimum Gasteiger partial charge on any atom is -0.468 e. The van der Waals surface area contributed by atoms with Crippen LogP contribution in [0.1, 0.15) is 39.0 Å². The topological polar surface area (TPSA) is 70.8 Å². The van der Waals surface area contributed by atoms with E-state index in [-0.39, 0.29) is 11.9 Å². The Kier molecular flexibility index (Phi) is 7.34. The van der Waals surface area contributed by atoms with Crippen LogP contribution in [0.2, 0.25) is 0 Å². The van der Waals surface area contributed by atoms with E-state index < -0.39 is 5.54 Å². The van der Waals surface area contributed by atoms with Gasteiger partial charge in [-0.3, -0.25) is 4.79 Å². The van der Waals surface area contributed by atoms with Gasteiger partial charge in [-0.05, 0) is 31.6 Å². The highest BCUT2D eigenvalue weighted by molar-refractivity contribution is 5.81. The van der Waals surface area contributed by atoms with E-state index in [2.05, 4.69) is 6.92 Å². The first-order valence-electron chi connectivity index (χ1n) is 7.18. The molecule has 0 bridgehead atoms. The lowest BCUT2D eigenvalue weighted by atomic mass is 9.86. The highest BCUT2D eigenvalue weighted by Gasteiger charge is 2.46. The van der Waals surface area contributed by atoms with E-state index in [1.807, 2.05) is 0 Å². The lowest BCUT2D eigenvalue weighted by Gasteiger charge is -2.28. The van der Waals surface area contributed by atoms with Gasteiger partial charge in [-0.15, -0.1) is 0 Å². The lowest BCUT2D eigenvalue weighted by molar-refractivity contribution is -0.148.